The summed E-state index contributed by atoms with van der Waals surface area (Å²) in [6.45, 7) is 4.26. The Morgan fingerprint density at radius 1 is 1.07 bits per heavy atom. The van der Waals surface area contributed by atoms with E-state index in [9.17, 15) is 0 Å². The van der Waals surface area contributed by atoms with E-state index in [4.69, 9.17) is 17.0 Å². The number of halogens is 2. The Hall–Kier alpha value is 0.423. The third kappa shape index (κ3) is 3.53. The molecule has 0 spiro atoms. The van der Waals surface area contributed by atoms with Crippen molar-refractivity contribution in [2.24, 2.45) is 0 Å². The van der Waals surface area contributed by atoms with E-state index in [2.05, 4.69) is 44.5 Å². The first kappa shape index (κ1) is 12.5. The van der Waals surface area contributed by atoms with Gasteiger partial charge in [-0.15, -0.1) is 0 Å². The molecule has 0 amide bonds. The molecule has 0 heterocycles. The Morgan fingerprint density at radius 2 is 1.71 bits per heavy atom. The maximum absolute atomic E-state index is 4.93. The van der Waals surface area contributed by atoms with Crippen LogP contribution in [0.4, 0.5) is 0 Å². The number of hydrogen-bond donors (Lipinski definition) is 0. The number of fused-ring (bicyclic) bond motifs is 1. The van der Waals surface area contributed by atoms with E-state index in [0.29, 0.717) is 0 Å². The van der Waals surface area contributed by atoms with E-state index in [-0.39, 0.29) is 0 Å². The molecular formula is C11H11Cl2Zr. The zero-order valence-electron chi connectivity index (χ0n) is 8.14. The Labute approximate surface area is 104 Å². The first-order valence-corrected chi connectivity index (χ1v) is 10.6. The molecule has 0 fully saturated rings. The molecular weight excluding hydrogens is 294 g/mol. The van der Waals surface area contributed by atoms with Crippen LogP contribution in [0, 0.1) is 13.3 Å². The number of benzene rings is 1. The zero-order valence-corrected chi connectivity index (χ0v) is 12.1. The summed E-state index contributed by atoms with van der Waals surface area (Å²) in [6.07, 6.45) is 4.44. The molecule has 1 aliphatic rings. The second-order valence-electron chi connectivity index (χ2n) is 3.24. The fourth-order valence-electron chi connectivity index (χ4n) is 1.48. The van der Waals surface area contributed by atoms with Gasteiger partial charge in [0, 0.05) is 6.42 Å². The van der Waals surface area contributed by atoms with Crippen LogP contribution in [0.25, 0.3) is 6.08 Å². The normalized spacial score (nSPS) is 12.4. The van der Waals surface area contributed by atoms with Gasteiger partial charge in [0.15, 0.2) is 0 Å². The Morgan fingerprint density at radius 3 is 2.36 bits per heavy atom. The summed E-state index contributed by atoms with van der Waals surface area (Å²) in [6, 6.07) is 6.56. The zero-order chi connectivity index (χ0) is 10.6. The topological polar surface area (TPSA) is 0 Å². The molecule has 14 heavy (non-hydrogen) atoms. The van der Waals surface area contributed by atoms with E-state index < -0.39 is 20.8 Å². The summed E-state index contributed by atoms with van der Waals surface area (Å²) in [4.78, 5) is 0. The molecule has 1 aliphatic carbocycles. The van der Waals surface area contributed by atoms with Gasteiger partial charge >= 0.3 is 37.9 Å². The molecule has 3 heteroatoms. The second-order valence-corrected chi connectivity index (χ2v) is 6.97. The van der Waals surface area contributed by atoms with Gasteiger partial charge in [-0.2, -0.15) is 0 Å². The van der Waals surface area contributed by atoms with Crippen LogP contribution in [0.15, 0.2) is 23.8 Å². The average Bonchev–Trinajstić information content (AvgIpc) is 2.45. The van der Waals surface area contributed by atoms with Crippen LogP contribution >= 0.6 is 17.0 Å². The predicted molar refractivity (Wildman–Crippen MR) is 59.9 cm³/mol. The van der Waals surface area contributed by atoms with Crippen LogP contribution in [0.5, 0.6) is 0 Å². The standard InChI is InChI=1S/C11H11.2ClH.Zr/c1-8-3-4-10-6-9(2)7-11(10)5-8;;;/h3-7H,1-2H3;2*1H;/q;;;+2/p-2. The number of aryl methyl sites for hydroxylation is 1. The van der Waals surface area contributed by atoms with E-state index >= 15 is 0 Å². The van der Waals surface area contributed by atoms with Crippen molar-refractivity contribution in [3.05, 3.63) is 46.9 Å². The Kier molecular flexibility index (Phi) is 5.45. The molecule has 1 aromatic rings. The molecule has 0 bridgehead atoms. The molecule has 0 atom stereocenters. The van der Waals surface area contributed by atoms with Gasteiger partial charge in [-0.1, -0.05) is 35.4 Å². The van der Waals surface area contributed by atoms with Gasteiger partial charge < -0.3 is 0 Å². The molecule has 73 valence electrons. The molecule has 0 nitrogen and oxygen atoms in total. The van der Waals surface area contributed by atoms with Gasteiger partial charge in [-0.3, -0.25) is 0 Å². The van der Waals surface area contributed by atoms with Crippen molar-refractivity contribution in [3.63, 3.8) is 0 Å². The predicted octanol–water partition coefficient (Wildman–Crippen LogP) is 4.34. The van der Waals surface area contributed by atoms with Gasteiger partial charge in [-0.05, 0) is 25.0 Å². The quantitative estimate of drug-likeness (QED) is 0.669. The minimum atomic E-state index is -0.826. The third-order valence-corrected chi connectivity index (χ3v) is 2.01. The van der Waals surface area contributed by atoms with E-state index in [1.165, 1.54) is 22.3 Å². The summed E-state index contributed by atoms with van der Waals surface area (Å²) >= 11 is -0.826. The molecule has 1 radical (unpaired) electrons. The molecule has 0 saturated heterocycles. The van der Waals surface area contributed by atoms with Gasteiger partial charge in [-0.25, -0.2) is 0 Å². The average molecular weight is 305 g/mol. The Bertz CT molecular complexity index is 345. The summed E-state index contributed by atoms with van der Waals surface area (Å²) < 4.78 is 0. The summed E-state index contributed by atoms with van der Waals surface area (Å²) in [5.41, 5.74) is 5.41. The molecule has 0 aromatic heterocycles. The summed E-state index contributed by atoms with van der Waals surface area (Å²) in [5, 5.41) is 0. The molecule has 0 aliphatic heterocycles. The van der Waals surface area contributed by atoms with Crippen molar-refractivity contribution in [1.29, 1.82) is 0 Å². The van der Waals surface area contributed by atoms with Crippen LogP contribution in [-0.4, -0.2) is 0 Å². The van der Waals surface area contributed by atoms with Crippen LogP contribution in [0.2, 0.25) is 0 Å². The Balaban J connectivity index is 0.000000293. The van der Waals surface area contributed by atoms with Crippen LogP contribution in [0.3, 0.4) is 0 Å². The summed E-state index contributed by atoms with van der Waals surface area (Å²) in [5.74, 6) is 0. The van der Waals surface area contributed by atoms with E-state index in [1.54, 1.807) is 0 Å². The molecule has 2 rings (SSSR count). The molecule has 1 aromatic carbocycles. The number of allylic oxidation sites excluding steroid dienone is 1. The van der Waals surface area contributed by atoms with Crippen molar-refractivity contribution in [2.45, 2.75) is 13.8 Å². The van der Waals surface area contributed by atoms with Gasteiger partial charge in [0.25, 0.3) is 0 Å². The fraction of sp³-hybridized carbons (Fsp3) is 0.182. The van der Waals surface area contributed by atoms with Crippen LogP contribution in [0.1, 0.15) is 23.6 Å². The third-order valence-electron chi connectivity index (χ3n) is 2.01. The summed E-state index contributed by atoms with van der Waals surface area (Å²) in [7, 11) is 9.87. The molecule has 0 N–H and O–H groups in total. The molecule has 0 unspecified atom stereocenters. The van der Waals surface area contributed by atoms with Crippen molar-refractivity contribution in [2.75, 3.05) is 0 Å². The van der Waals surface area contributed by atoms with Gasteiger partial charge in [0.1, 0.15) is 0 Å². The second kappa shape index (κ2) is 6.10. The number of rotatable bonds is 0. The van der Waals surface area contributed by atoms with Crippen LogP contribution in [-0.2, 0) is 20.8 Å². The van der Waals surface area contributed by atoms with E-state index in [0.717, 1.165) is 0 Å². The van der Waals surface area contributed by atoms with Crippen molar-refractivity contribution >= 4 is 23.1 Å². The SMILES string of the molecule is CC1=Cc2cc(C)ccc2[CH]1.[Cl][Zr][Cl]. The van der Waals surface area contributed by atoms with Gasteiger partial charge in [0.05, 0.1) is 0 Å². The molecule has 0 saturated carbocycles. The minimum absolute atomic E-state index is 0.826. The van der Waals surface area contributed by atoms with Gasteiger partial charge in [0.2, 0.25) is 0 Å². The first-order chi connectivity index (χ1) is 6.67. The van der Waals surface area contributed by atoms with Crippen molar-refractivity contribution in [3.8, 4) is 0 Å². The maximum atomic E-state index is 4.93. The van der Waals surface area contributed by atoms with Crippen molar-refractivity contribution in [1.82, 2.24) is 0 Å². The monoisotopic (exact) mass is 303 g/mol. The first-order valence-electron chi connectivity index (χ1n) is 4.27. The van der Waals surface area contributed by atoms with Crippen LogP contribution < -0.4 is 0 Å². The van der Waals surface area contributed by atoms with E-state index in [1.807, 2.05) is 0 Å². The fourth-order valence-corrected chi connectivity index (χ4v) is 1.48. The van der Waals surface area contributed by atoms with Crippen molar-refractivity contribution < 1.29 is 20.8 Å². The number of hydrogen-bond acceptors (Lipinski definition) is 0.